The lowest BCUT2D eigenvalue weighted by Crippen LogP contribution is -2.30. The summed E-state index contributed by atoms with van der Waals surface area (Å²) in [6, 6.07) is 0. The van der Waals surface area contributed by atoms with Crippen LogP contribution in [-0.2, 0) is 0 Å². The van der Waals surface area contributed by atoms with Gasteiger partial charge in [-0.2, -0.15) is 0 Å². The molecule has 0 aromatic rings. The molecule has 0 aromatic carbocycles. The van der Waals surface area contributed by atoms with Crippen LogP contribution in [0, 0.1) is 0 Å². The van der Waals surface area contributed by atoms with Crippen molar-refractivity contribution in [3.05, 3.63) is 11.8 Å². The van der Waals surface area contributed by atoms with E-state index < -0.39 is 0 Å². The van der Waals surface area contributed by atoms with Gasteiger partial charge in [0.15, 0.2) is 0 Å². The van der Waals surface area contributed by atoms with Crippen LogP contribution in [0.25, 0.3) is 0 Å². The summed E-state index contributed by atoms with van der Waals surface area (Å²) in [5.74, 6) is 0.553. The summed E-state index contributed by atoms with van der Waals surface area (Å²) < 4.78 is 0. The van der Waals surface area contributed by atoms with Gasteiger partial charge in [0.2, 0.25) is 0 Å². The molecule has 0 saturated heterocycles. The number of aliphatic imine (C=N–C) groups is 1. The van der Waals surface area contributed by atoms with Crippen LogP contribution in [0.4, 0.5) is 0 Å². The molecule has 0 spiro atoms. The minimum Gasteiger partial charge on any atom is -0.392 e. The van der Waals surface area contributed by atoms with Crippen LogP contribution in [0.3, 0.4) is 0 Å². The zero-order chi connectivity index (χ0) is 7.56. The zero-order valence-electron chi connectivity index (χ0n) is 5.78. The van der Waals surface area contributed by atoms with Crippen molar-refractivity contribution in [2.24, 2.45) is 4.99 Å². The molecule has 1 heterocycles. The molecule has 1 aliphatic heterocycles. The predicted octanol–water partition coefficient (Wildman–Crippen LogP) is -0.0142. The SMILES string of the molecule is CC1=NC=C(CO)CN1O. The molecule has 0 bridgehead atoms. The fourth-order valence-electron chi connectivity index (χ4n) is 0.690. The second kappa shape index (κ2) is 2.81. The Bertz CT molecular complexity index is 186. The summed E-state index contributed by atoms with van der Waals surface area (Å²) in [7, 11) is 0. The summed E-state index contributed by atoms with van der Waals surface area (Å²) in [4.78, 5) is 3.83. The first-order chi connectivity index (χ1) is 4.74. The van der Waals surface area contributed by atoms with Gasteiger partial charge >= 0.3 is 0 Å². The van der Waals surface area contributed by atoms with Crippen molar-refractivity contribution >= 4 is 5.84 Å². The first-order valence-electron chi connectivity index (χ1n) is 3.03. The first-order valence-corrected chi connectivity index (χ1v) is 3.03. The third kappa shape index (κ3) is 1.34. The molecule has 4 nitrogen and oxygen atoms in total. The van der Waals surface area contributed by atoms with Crippen LogP contribution in [0.5, 0.6) is 0 Å². The van der Waals surface area contributed by atoms with E-state index >= 15 is 0 Å². The Labute approximate surface area is 59.1 Å². The number of hydrogen-bond acceptors (Lipinski definition) is 4. The molecule has 0 fully saturated rings. The molecule has 0 aromatic heterocycles. The van der Waals surface area contributed by atoms with Crippen LogP contribution in [0.15, 0.2) is 16.8 Å². The monoisotopic (exact) mass is 142 g/mol. The van der Waals surface area contributed by atoms with Gasteiger partial charge in [0.1, 0.15) is 5.84 Å². The maximum atomic E-state index is 9.03. The number of hydroxylamine groups is 2. The molecule has 2 N–H and O–H groups in total. The number of nitrogens with zero attached hydrogens (tertiary/aromatic N) is 2. The molecule has 0 atom stereocenters. The van der Waals surface area contributed by atoms with Crippen molar-refractivity contribution in [3.8, 4) is 0 Å². The first kappa shape index (κ1) is 7.24. The van der Waals surface area contributed by atoms with Gasteiger partial charge in [0.25, 0.3) is 0 Å². The maximum absolute atomic E-state index is 9.03. The van der Waals surface area contributed by atoms with E-state index in [2.05, 4.69) is 4.99 Å². The summed E-state index contributed by atoms with van der Waals surface area (Å²) in [5, 5.41) is 18.7. The fraction of sp³-hybridized carbons (Fsp3) is 0.500. The molecular weight excluding hydrogens is 132 g/mol. The van der Waals surface area contributed by atoms with Gasteiger partial charge in [-0.05, 0) is 12.5 Å². The molecule has 0 aliphatic carbocycles. The van der Waals surface area contributed by atoms with Gasteiger partial charge in [-0.1, -0.05) is 0 Å². The summed E-state index contributed by atoms with van der Waals surface area (Å²) in [5.41, 5.74) is 0.716. The van der Waals surface area contributed by atoms with E-state index in [0.717, 1.165) is 5.06 Å². The van der Waals surface area contributed by atoms with E-state index in [4.69, 9.17) is 10.3 Å². The van der Waals surface area contributed by atoms with E-state index in [9.17, 15) is 0 Å². The lowest BCUT2D eigenvalue weighted by molar-refractivity contribution is -0.00958. The van der Waals surface area contributed by atoms with Gasteiger partial charge in [0, 0.05) is 6.20 Å². The highest BCUT2D eigenvalue weighted by molar-refractivity contribution is 5.80. The minimum atomic E-state index is -0.0478. The Hall–Kier alpha value is -0.870. The van der Waals surface area contributed by atoms with Gasteiger partial charge in [0.05, 0.1) is 13.2 Å². The average Bonchev–Trinajstić information content (AvgIpc) is 1.95. The third-order valence-corrected chi connectivity index (χ3v) is 1.36. The molecule has 1 rings (SSSR count). The quantitative estimate of drug-likeness (QED) is 0.541. The van der Waals surface area contributed by atoms with Crippen molar-refractivity contribution in [1.29, 1.82) is 0 Å². The van der Waals surface area contributed by atoms with E-state index in [-0.39, 0.29) is 6.61 Å². The Balaban J connectivity index is 2.68. The smallest absolute Gasteiger partial charge is 0.125 e. The van der Waals surface area contributed by atoms with E-state index in [1.54, 1.807) is 13.1 Å². The Morgan fingerprint density at radius 2 is 2.50 bits per heavy atom. The molecule has 0 saturated carbocycles. The number of aliphatic hydroxyl groups is 1. The molecule has 0 unspecified atom stereocenters. The molecule has 56 valence electrons. The van der Waals surface area contributed by atoms with Crippen molar-refractivity contribution in [3.63, 3.8) is 0 Å². The summed E-state index contributed by atoms with van der Waals surface area (Å²) >= 11 is 0. The van der Waals surface area contributed by atoms with E-state index in [1.165, 1.54) is 0 Å². The third-order valence-electron chi connectivity index (χ3n) is 1.36. The number of rotatable bonds is 1. The van der Waals surface area contributed by atoms with Crippen LogP contribution >= 0.6 is 0 Å². The molecule has 10 heavy (non-hydrogen) atoms. The fourth-order valence-corrected chi connectivity index (χ4v) is 0.690. The van der Waals surface area contributed by atoms with Gasteiger partial charge in [-0.3, -0.25) is 5.21 Å². The zero-order valence-corrected chi connectivity index (χ0v) is 5.78. The Kier molecular flexibility index (Phi) is 2.03. The Morgan fingerprint density at radius 3 is 3.00 bits per heavy atom. The summed E-state index contributed by atoms with van der Waals surface area (Å²) in [6.45, 7) is 2.00. The molecule has 0 radical (unpaired) electrons. The van der Waals surface area contributed by atoms with E-state index in [1.807, 2.05) is 0 Å². The standard InChI is InChI=1S/C6H10N2O2/c1-5-7-2-6(4-9)3-8(5)10/h2,9-10H,3-4H2,1H3. The Morgan fingerprint density at radius 1 is 1.80 bits per heavy atom. The lowest BCUT2D eigenvalue weighted by atomic mass is 10.3. The highest BCUT2D eigenvalue weighted by atomic mass is 16.5. The number of hydrogen-bond donors (Lipinski definition) is 2. The largest absolute Gasteiger partial charge is 0.392 e. The van der Waals surface area contributed by atoms with Crippen molar-refractivity contribution in [1.82, 2.24) is 5.06 Å². The minimum absolute atomic E-state index is 0.0478. The molecule has 1 aliphatic rings. The lowest BCUT2D eigenvalue weighted by Gasteiger charge is -2.19. The van der Waals surface area contributed by atoms with Gasteiger partial charge in [-0.15, -0.1) is 0 Å². The second-order valence-electron chi connectivity index (χ2n) is 2.18. The normalized spacial score (nSPS) is 18.5. The van der Waals surface area contributed by atoms with Crippen molar-refractivity contribution in [2.45, 2.75) is 6.92 Å². The predicted molar refractivity (Wildman–Crippen MR) is 36.8 cm³/mol. The highest BCUT2D eigenvalue weighted by Crippen LogP contribution is 2.04. The maximum Gasteiger partial charge on any atom is 0.125 e. The molecule has 0 amide bonds. The highest BCUT2D eigenvalue weighted by Gasteiger charge is 2.09. The van der Waals surface area contributed by atoms with E-state index in [0.29, 0.717) is 18.0 Å². The van der Waals surface area contributed by atoms with Crippen molar-refractivity contribution in [2.75, 3.05) is 13.2 Å². The second-order valence-corrected chi connectivity index (χ2v) is 2.18. The van der Waals surface area contributed by atoms with Gasteiger partial charge < -0.3 is 5.11 Å². The van der Waals surface area contributed by atoms with Crippen LogP contribution in [0.2, 0.25) is 0 Å². The van der Waals surface area contributed by atoms with Gasteiger partial charge in [-0.25, -0.2) is 10.1 Å². The number of aliphatic hydroxyl groups excluding tert-OH is 1. The molecular formula is C6H10N2O2. The average molecular weight is 142 g/mol. The van der Waals surface area contributed by atoms with Crippen LogP contribution in [0.1, 0.15) is 6.92 Å². The van der Waals surface area contributed by atoms with Crippen LogP contribution in [-0.4, -0.2) is 34.4 Å². The van der Waals surface area contributed by atoms with Crippen LogP contribution < -0.4 is 0 Å². The molecule has 4 heteroatoms. The summed E-state index contributed by atoms with van der Waals surface area (Å²) in [6.07, 6.45) is 1.57. The topological polar surface area (TPSA) is 56.1 Å². The number of amidine groups is 1. The van der Waals surface area contributed by atoms with Crippen molar-refractivity contribution < 1.29 is 10.3 Å².